The van der Waals surface area contributed by atoms with Crippen LogP contribution in [0, 0.1) is 0 Å². The molecule has 0 spiro atoms. The van der Waals surface area contributed by atoms with Gasteiger partial charge in [-0.1, -0.05) is 17.8 Å². The number of carbonyl (C=O) groups excluding carboxylic acids is 1. The van der Waals surface area contributed by atoms with Gasteiger partial charge >= 0.3 is 5.97 Å². The largest absolute Gasteiger partial charge is 0.476 e. The molecule has 9 heteroatoms. The molecule has 3 heterocycles. The van der Waals surface area contributed by atoms with E-state index < -0.39 is 5.97 Å². The summed E-state index contributed by atoms with van der Waals surface area (Å²) >= 11 is 2.83. The van der Waals surface area contributed by atoms with Crippen LogP contribution < -0.4 is 0 Å². The molecule has 0 saturated carbocycles. The first-order valence-corrected chi connectivity index (χ1v) is 10.6. The molecule has 1 fully saturated rings. The number of thioether (sulfide) groups is 1. The standard InChI is InChI=1S/C18H22N4O3S2/c1-21(10-13-3-2-6-19-9-13)11-14-4-5-16(23)22(14)7-8-26-18-20-15(12-27-18)17(24)25/h2-3,6,9,12,14H,4-5,7-8,10-11H2,1H3,(H,24,25)/t14-/m1/s1. The summed E-state index contributed by atoms with van der Waals surface area (Å²) in [5.74, 6) is -0.105. The summed E-state index contributed by atoms with van der Waals surface area (Å²) in [4.78, 5) is 35.5. The second-order valence-corrected chi connectivity index (χ2v) is 8.69. The number of likely N-dealkylation sites (tertiary alicyclic amines) is 1. The van der Waals surface area contributed by atoms with Crippen molar-refractivity contribution in [2.45, 2.75) is 29.8 Å². The quantitative estimate of drug-likeness (QED) is 0.640. The Labute approximate surface area is 166 Å². The van der Waals surface area contributed by atoms with E-state index in [0.29, 0.717) is 18.7 Å². The van der Waals surface area contributed by atoms with Gasteiger partial charge in [0, 0.05) is 55.6 Å². The average molecular weight is 407 g/mol. The van der Waals surface area contributed by atoms with Crippen LogP contribution >= 0.6 is 23.1 Å². The summed E-state index contributed by atoms with van der Waals surface area (Å²) in [6.45, 7) is 2.28. The van der Waals surface area contributed by atoms with Gasteiger partial charge in [0.05, 0.1) is 0 Å². The van der Waals surface area contributed by atoms with Crippen molar-refractivity contribution in [2.75, 3.05) is 25.9 Å². The molecular formula is C18H22N4O3S2. The van der Waals surface area contributed by atoms with Crippen molar-refractivity contribution < 1.29 is 14.7 Å². The predicted molar refractivity (Wildman–Crippen MR) is 105 cm³/mol. The van der Waals surface area contributed by atoms with Gasteiger partial charge in [0.2, 0.25) is 5.91 Å². The van der Waals surface area contributed by atoms with E-state index >= 15 is 0 Å². The monoisotopic (exact) mass is 406 g/mol. The second-order valence-electron chi connectivity index (χ2n) is 6.49. The minimum absolute atomic E-state index is 0.0784. The van der Waals surface area contributed by atoms with Gasteiger partial charge in [0.15, 0.2) is 10.0 Å². The fourth-order valence-corrected chi connectivity index (χ4v) is 4.98. The molecule has 1 atom stereocenters. The molecule has 2 aromatic rings. The normalized spacial score (nSPS) is 17.0. The first-order valence-electron chi connectivity index (χ1n) is 8.71. The Balaban J connectivity index is 1.49. The first-order chi connectivity index (χ1) is 13.0. The molecule has 7 nitrogen and oxygen atoms in total. The zero-order chi connectivity index (χ0) is 19.2. The fourth-order valence-electron chi connectivity index (χ4n) is 3.17. The lowest BCUT2D eigenvalue weighted by Gasteiger charge is -2.28. The van der Waals surface area contributed by atoms with Gasteiger partial charge in [-0.25, -0.2) is 9.78 Å². The first kappa shape index (κ1) is 19.8. The van der Waals surface area contributed by atoms with Gasteiger partial charge in [-0.3, -0.25) is 9.78 Å². The fraction of sp³-hybridized carbons (Fsp3) is 0.444. The van der Waals surface area contributed by atoms with E-state index in [9.17, 15) is 9.59 Å². The highest BCUT2D eigenvalue weighted by molar-refractivity contribution is 8.01. The van der Waals surface area contributed by atoms with Crippen LogP contribution in [0.2, 0.25) is 0 Å². The number of pyridine rings is 1. The molecule has 1 N–H and O–H groups in total. The zero-order valence-electron chi connectivity index (χ0n) is 15.1. The van der Waals surface area contributed by atoms with Crippen molar-refractivity contribution in [3.05, 3.63) is 41.2 Å². The van der Waals surface area contributed by atoms with Gasteiger partial charge in [-0.05, 0) is 25.1 Å². The number of aromatic nitrogens is 2. The number of aromatic carboxylic acids is 1. The molecule has 1 amide bonds. The van der Waals surface area contributed by atoms with E-state index in [4.69, 9.17) is 5.11 Å². The number of hydrogen-bond acceptors (Lipinski definition) is 7. The third-order valence-corrected chi connectivity index (χ3v) is 6.41. The minimum Gasteiger partial charge on any atom is -0.476 e. The highest BCUT2D eigenvalue weighted by atomic mass is 32.2. The highest BCUT2D eigenvalue weighted by Crippen LogP contribution is 2.25. The second kappa shape index (κ2) is 9.29. The molecular weight excluding hydrogens is 384 g/mol. The maximum atomic E-state index is 12.3. The van der Waals surface area contributed by atoms with Crippen LogP contribution in [0.4, 0.5) is 0 Å². The van der Waals surface area contributed by atoms with Crippen LogP contribution in [0.25, 0.3) is 0 Å². The number of amides is 1. The number of likely N-dealkylation sites (N-methyl/N-ethyl adjacent to an activating group) is 1. The van der Waals surface area contributed by atoms with Crippen molar-refractivity contribution in [3.63, 3.8) is 0 Å². The lowest BCUT2D eigenvalue weighted by Crippen LogP contribution is -2.41. The topological polar surface area (TPSA) is 86.6 Å². The van der Waals surface area contributed by atoms with E-state index in [-0.39, 0.29) is 17.6 Å². The van der Waals surface area contributed by atoms with Crippen LogP contribution in [0.15, 0.2) is 34.2 Å². The van der Waals surface area contributed by atoms with Crippen molar-refractivity contribution in [2.24, 2.45) is 0 Å². The molecule has 1 aliphatic heterocycles. The summed E-state index contributed by atoms with van der Waals surface area (Å²) < 4.78 is 0.726. The molecule has 144 valence electrons. The van der Waals surface area contributed by atoms with Gasteiger partial charge < -0.3 is 14.9 Å². The van der Waals surface area contributed by atoms with Crippen molar-refractivity contribution in [3.8, 4) is 0 Å². The number of carboxylic acids is 1. The number of thiazole rings is 1. The summed E-state index contributed by atoms with van der Waals surface area (Å²) in [5, 5.41) is 10.5. The van der Waals surface area contributed by atoms with E-state index in [1.807, 2.05) is 17.2 Å². The van der Waals surface area contributed by atoms with Crippen LogP contribution in [-0.2, 0) is 11.3 Å². The van der Waals surface area contributed by atoms with Crippen LogP contribution in [-0.4, -0.2) is 68.7 Å². The number of rotatable bonds is 9. The van der Waals surface area contributed by atoms with Crippen molar-refractivity contribution in [1.82, 2.24) is 19.8 Å². The Hall–Kier alpha value is -1.97. The Kier molecular flexibility index (Phi) is 6.81. The molecule has 1 aliphatic rings. The van der Waals surface area contributed by atoms with E-state index in [2.05, 4.69) is 28.0 Å². The minimum atomic E-state index is -1.01. The maximum absolute atomic E-state index is 12.3. The molecule has 0 radical (unpaired) electrons. The summed E-state index contributed by atoms with van der Waals surface area (Å²) in [7, 11) is 2.06. The van der Waals surface area contributed by atoms with Gasteiger partial charge in [-0.2, -0.15) is 0 Å². The molecule has 3 rings (SSSR count). The molecule has 1 saturated heterocycles. The third kappa shape index (κ3) is 5.50. The number of hydrogen-bond donors (Lipinski definition) is 1. The van der Waals surface area contributed by atoms with E-state index in [1.165, 1.54) is 23.1 Å². The molecule has 0 aliphatic carbocycles. The molecule has 27 heavy (non-hydrogen) atoms. The van der Waals surface area contributed by atoms with Gasteiger partial charge in [0.25, 0.3) is 0 Å². The zero-order valence-corrected chi connectivity index (χ0v) is 16.7. The SMILES string of the molecule is CN(Cc1cccnc1)C[C@H]1CCC(=O)N1CCSc1nc(C(=O)O)cs1. The summed E-state index contributed by atoms with van der Waals surface area (Å²) in [6, 6.07) is 4.20. The van der Waals surface area contributed by atoms with Crippen LogP contribution in [0.3, 0.4) is 0 Å². The average Bonchev–Trinajstić information content (AvgIpc) is 3.24. The Morgan fingerprint density at radius 2 is 2.37 bits per heavy atom. The van der Waals surface area contributed by atoms with Crippen LogP contribution in [0.5, 0.6) is 0 Å². The molecule has 0 unspecified atom stereocenters. The lowest BCUT2D eigenvalue weighted by molar-refractivity contribution is -0.128. The molecule has 0 bridgehead atoms. The van der Waals surface area contributed by atoms with Crippen LogP contribution in [0.1, 0.15) is 28.9 Å². The van der Waals surface area contributed by atoms with E-state index in [0.717, 1.165) is 29.4 Å². The maximum Gasteiger partial charge on any atom is 0.355 e. The number of nitrogens with zero attached hydrogens (tertiary/aromatic N) is 4. The van der Waals surface area contributed by atoms with Gasteiger partial charge in [-0.15, -0.1) is 11.3 Å². The number of carbonyl (C=O) groups is 2. The van der Waals surface area contributed by atoms with E-state index in [1.54, 1.807) is 11.6 Å². The predicted octanol–water partition coefficient (Wildman–Crippen LogP) is 2.45. The molecule has 2 aromatic heterocycles. The summed E-state index contributed by atoms with van der Waals surface area (Å²) in [5.41, 5.74) is 1.24. The summed E-state index contributed by atoms with van der Waals surface area (Å²) in [6.07, 6.45) is 5.10. The van der Waals surface area contributed by atoms with Crippen molar-refractivity contribution in [1.29, 1.82) is 0 Å². The van der Waals surface area contributed by atoms with Crippen molar-refractivity contribution >= 4 is 35.0 Å². The Morgan fingerprint density at radius 3 is 3.07 bits per heavy atom. The molecule has 0 aromatic carbocycles. The third-order valence-electron chi connectivity index (χ3n) is 4.41. The van der Waals surface area contributed by atoms with Gasteiger partial charge in [0.1, 0.15) is 0 Å². The highest BCUT2D eigenvalue weighted by Gasteiger charge is 2.31. The Bertz CT molecular complexity index is 784. The number of carboxylic acid groups (broad SMARTS) is 1. The Morgan fingerprint density at radius 1 is 1.52 bits per heavy atom. The smallest absolute Gasteiger partial charge is 0.355 e. The lowest BCUT2D eigenvalue weighted by atomic mass is 10.2.